The Labute approximate surface area is 191 Å². The summed E-state index contributed by atoms with van der Waals surface area (Å²) in [4.78, 5) is 29.3. The number of hydrogen-bond acceptors (Lipinski definition) is 4. The number of carbonyl (C=O) groups is 2. The molecule has 2 fully saturated rings. The van der Waals surface area contributed by atoms with E-state index >= 15 is 0 Å². The fourth-order valence-electron chi connectivity index (χ4n) is 4.18. The van der Waals surface area contributed by atoms with Crippen molar-refractivity contribution in [1.82, 2.24) is 14.1 Å². The summed E-state index contributed by atoms with van der Waals surface area (Å²) in [6.45, 7) is 1.46. The van der Waals surface area contributed by atoms with Crippen molar-refractivity contribution in [3.63, 3.8) is 0 Å². The summed E-state index contributed by atoms with van der Waals surface area (Å²) in [5.74, 6) is -1.08. The van der Waals surface area contributed by atoms with Gasteiger partial charge in [-0.25, -0.2) is 12.8 Å². The third-order valence-electron chi connectivity index (χ3n) is 5.88. The smallest absolute Gasteiger partial charge is 0.255 e. The van der Waals surface area contributed by atoms with Crippen LogP contribution in [-0.2, 0) is 14.8 Å². The molecule has 0 N–H and O–H groups in total. The van der Waals surface area contributed by atoms with Gasteiger partial charge in [0.2, 0.25) is 15.9 Å². The largest absolute Gasteiger partial charge is 0.338 e. The second-order valence-corrected chi connectivity index (χ2v) is 10.1. The lowest BCUT2D eigenvalue weighted by Crippen LogP contribution is -2.55. The number of nitrogens with zero attached hydrogens (tertiary/aromatic N) is 3. The molecular weight excluding hydrogens is 457 g/mol. The molecule has 0 saturated carbocycles. The van der Waals surface area contributed by atoms with E-state index in [0.717, 1.165) is 6.07 Å². The SMILES string of the molecule is O=C(c1ccc(F)cc1Cl)N1CCN(C(=O)C2CCCN2S(=O)(=O)c2ccccc2)CC1. The number of carbonyl (C=O) groups excluding carboxylic acids is 2. The lowest BCUT2D eigenvalue weighted by atomic mass is 10.1. The first-order valence-electron chi connectivity index (χ1n) is 10.4. The summed E-state index contributed by atoms with van der Waals surface area (Å²) < 4.78 is 40.7. The molecule has 2 aliphatic rings. The summed E-state index contributed by atoms with van der Waals surface area (Å²) in [7, 11) is -3.76. The van der Waals surface area contributed by atoms with Crippen LogP contribution < -0.4 is 0 Å². The maximum Gasteiger partial charge on any atom is 0.255 e. The minimum Gasteiger partial charge on any atom is -0.338 e. The highest BCUT2D eigenvalue weighted by Crippen LogP contribution is 2.28. The normalized spacial score (nSPS) is 19.9. The fraction of sp³-hybridized carbons (Fsp3) is 0.364. The monoisotopic (exact) mass is 479 g/mol. The van der Waals surface area contributed by atoms with Crippen molar-refractivity contribution in [3.8, 4) is 0 Å². The van der Waals surface area contributed by atoms with Crippen molar-refractivity contribution >= 4 is 33.4 Å². The van der Waals surface area contributed by atoms with E-state index in [1.54, 1.807) is 28.0 Å². The van der Waals surface area contributed by atoms with Crippen LogP contribution >= 0.6 is 11.6 Å². The Morgan fingerprint density at radius 1 is 0.938 bits per heavy atom. The molecule has 0 aliphatic carbocycles. The Morgan fingerprint density at radius 3 is 2.25 bits per heavy atom. The molecule has 1 unspecified atom stereocenters. The number of rotatable bonds is 4. The van der Waals surface area contributed by atoms with Crippen LogP contribution in [-0.4, -0.2) is 73.1 Å². The van der Waals surface area contributed by atoms with Gasteiger partial charge in [0.25, 0.3) is 5.91 Å². The Kier molecular flexibility index (Phi) is 6.50. The molecule has 2 aromatic carbocycles. The van der Waals surface area contributed by atoms with Crippen LogP contribution in [0.15, 0.2) is 53.4 Å². The van der Waals surface area contributed by atoms with Gasteiger partial charge < -0.3 is 9.80 Å². The zero-order chi connectivity index (χ0) is 22.9. The third kappa shape index (κ3) is 4.37. The Hall–Kier alpha value is -2.49. The van der Waals surface area contributed by atoms with E-state index < -0.39 is 21.9 Å². The molecule has 2 heterocycles. The lowest BCUT2D eigenvalue weighted by molar-refractivity contribution is -0.136. The van der Waals surface area contributed by atoms with E-state index in [2.05, 4.69) is 0 Å². The maximum atomic E-state index is 13.3. The number of hydrogen-bond donors (Lipinski definition) is 0. The number of amides is 2. The standard InChI is InChI=1S/C22H23ClFN3O4S/c23-19-15-16(24)8-9-18(19)21(28)25-11-13-26(14-12-25)22(29)20-7-4-10-27(20)32(30,31)17-5-2-1-3-6-17/h1-3,5-6,8-9,15,20H,4,7,10-14H2. The Morgan fingerprint density at radius 2 is 1.59 bits per heavy atom. The summed E-state index contributed by atoms with van der Waals surface area (Å²) >= 11 is 6.00. The summed E-state index contributed by atoms with van der Waals surface area (Å²) in [6.07, 6.45) is 1.08. The van der Waals surface area contributed by atoms with Crippen LogP contribution in [0.2, 0.25) is 5.02 Å². The fourth-order valence-corrected chi connectivity index (χ4v) is 6.10. The van der Waals surface area contributed by atoms with Gasteiger partial charge in [-0.2, -0.15) is 4.31 Å². The van der Waals surface area contributed by atoms with E-state index in [-0.39, 0.29) is 40.4 Å². The molecule has 2 aromatic rings. The minimum atomic E-state index is -3.76. The second kappa shape index (κ2) is 9.17. The van der Waals surface area contributed by atoms with Gasteiger partial charge in [0, 0.05) is 32.7 Å². The van der Waals surface area contributed by atoms with E-state index in [4.69, 9.17) is 11.6 Å². The molecule has 7 nitrogen and oxygen atoms in total. The first-order valence-corrected chi connectivity index (χ1v) is 12.2. The number of benzene rings is 2. The van der Waals surface area contributed by atoms with E-state index in [1.807, 2.05) is 0 Å². The summed E-state index contributed by atoms with van der Waals surface area (Å²) in [6, 6.07) is 11.0. The van der Waals surface area contributed by atoms with Gasteiger partial charge >= 0.3 is 0 Å². The number of halogens is 2. The molecule has 2 aliphatic heterocycles. The maximum absolute atomic E-state index is 13.3. The van der Waals surface area contributed by atoms with Crippen molar-refractivity contribution in [3.05, 3.63) is 64.9 Å². The topological polar surface area (TPSA) is 78.0 Å². The van der Waals surface area contributed by atoms with Gasteiger partial charge in [0.15, 0.2) is 0 Å². The predicted octanol–water partition coefficient (Wildman–Crippen LogP) is 2.62. The quantitative estimate of drug-likeness (QED) is 0.675. The first-order chi connectivity index (χ1) is 15.3. The molecule has 0 bridgehead atoms. The van der Waals surface area contributed by atoms with E-state index in [0.29, 0.717) is 32.5 Å². The summed E-state index contributed by atoms with van der Waals surface area (Å²) in [5, 5.41) is 0.0428. The first kappa shape index (κ1) is 22.7. The van der Waals surface area contributed by atoms with Crippen molar-refractivity contribution < 1.29 is 22.4 Å². The Balaban J connectivity index is 1.42. The average Bonchev–Trinajstić information content (AvgIpc) is 3.30. The van der Waals surface area contributed by atoms with Crippen LogP contribution in [0.25, 0.3) is 0 Å². The van der Waals surface area contributed by atoms with E-state index in [9.17, 15) is 22.4 Å². The highest BCUT2D eigenvalue weighted by molar-refractivity contribution is 7.89. The van der Waals surface area contributed by atoms with Gasteiger partial charge in [-0.15, -0.1) is 0 Å². The molecule has 1 atom stereocenters. The van der Waals surface area contributed by atoms with Gasteiger partial charge in [0.1, 0.15) is 11.9 Å². The van der Waals surface area contributed by atoms with Gasteiger partial charge in [-0.1, -0.05) is 29.8 Å². The highest BCUT2D eigenvalue weighted by Gasteiger charge is 2.41. The van der Waals surface area contributed by atoms with Crippen molar-refractivity contribution in [2.24, 2.45) is 0 Å². The molecule has 4 rings (SSSR count). The lowest BCUT2D eigenvalue weighted by Gasteiger charge is -2.37. The van der Waals surface area contributed by atoms with E-state index in [1.165, 1.54) is 28.6 Å². The van der Waals surface area contributed by atoms with Crippen LogP contribution in [0.5, 0.6) is 0 Å². The molecular formula is C22H23ClFN3O4S. The number of sulfonamides is 1. The third-order valence-corrected chi connectivity index (χ3v) is 8.11. The van der Waals surface area contributed by atoms with Crippen LogP contribution in [0.1, 0.15) is 23.2 Å². The van der Waals surface area contributed by atoms with Crippen molar-refractivity contribution in [1.29, 1.82) is 0 Å². The van der Waals surface area contributed by atoms with Crippen molar-refractivity contribution in [2.75, 3.05) is 32.7 Å². The average molecular weight is 480 g/mol. The molecule has 10 heteroatoms. The van der Waals surface area contributed by atoms with Crippen LogP contribution in [0.3, 0.4) is 0 Å². The molecule has 0 aromatic heterocycles. The zero-order valence-electron chi connectivity index (χ0n) is 17.3. The molecule has 2 amide bonds. The molecule has 2 saturated heterocycles. The predicted molar refractivity (Wildman–Crippen MR) is 117 cm³/mol. The molecule has 170 valence electrons. The van der Waals surface area contributed by atoms with Crippen molar-refractivity contribution in [2.45, 2.75) is 23.8 Å². The Bertz CT molecular complexity index is 1120. The zero-order valence-corrected chi connectivity index (χ0v) is 18.9. The molecule has 32 heavy (non-hydrogen) atoms. The molecule has 0 spiro atoms. The number of piperazine rings is 1. The van der Waals surface area contributed by atoms with Crippen LogP contribution in [0.4, 0.5) is 4.39 Å². The summed E-state index contributed by atoms with van der Waals surface area (Å²) in [5.41, 5.74) is 0.212. The van der Waals surface area contributed by atoms with Gasteiger partial charge in [-0.05, 0) is 43.2 Å². The second-order valence-electron chi connectivity index (χ2n) is 7.83. The van der Waals surface area contributed by atoms with Gasteiger partial charge in [-0.3, -0.25) is 9.59 Å². The van der Waals surface area contributed by atoms with Gasteiger partial charge in [0.05, 0.1) is 15.5 Å². The molecule has 0 radical (unpaired) electrons. The van der Waals surface area contributed by atoms with Crippen LogP contribution in [0, 0.1) is 5.82 Å². The minimum absolute atomic E-state index is 0.0428. The highest BCUT2D eigenvalue weighted by atomic mass is 35.5.